The third kappa shape index (κ3) is 5.20. The number of para-hydroxylation sites is 1. The molecule has 3 rings (SSSR count). The van der Waals surface area contributed by atoms with E-state index in [1.807, 2.05) is 36.4 Å². The van der Waals surface area contributed by atoms with Crippen molar-refractivity contribution in [2.45, 2.75) is 6.42 Å². The number of anilines is 2. The van der Waals surface area contributed by atoms with Gasteiger partial charge in [0.05, 0.1) is 0 Å². The van der Waals surface area contributed by atoms with E-state index in [4.69, 9.17) is 35.4 Å². The molecule has 5 heteroatoms. The predicted octanol–water partition coefficient (Wildman–Crippen LogP) is 6.39. The van der Waals surface area contributed by atoms with Gasteiger partial charge in [0.15, 0.2) is 5.11 Å². The third-order valence-corrected chi connectivity index (χ3v) is 4.26. The smallest absolute Gasteiger partial charge is 0.175 e. The first-order valence-electron chi connectivity index (χ1n) is 7.76. The van der Waals surface area contributed by atoms with Crippen molar-refractivity contribution in [3.05, 3.63) is 94.0 Å². The second-order valence-corrected chi connectivity index (χ2v) is 6.84. The number of hydrogen-bond donors (Lipinski definition) is 2. The zero-order valence-corrected chi connectivity index (χ0v) is 15.6. The number of benzene rings is 3. The molecule has 3 aromatic rings. The van der Waals surface area contributed by atoms with Crippen molar-refractivity contribution in [1.29, 1.82) is 0 Å². The van der Waals surface area contributed by atoms with Crippen LogP contribution in [0.15, 0.2) is 72.8 Å². The monoisotopic (exact) mass is 386 g/mol. The Morgan fingerprint density at radius 1 is 0.800 bits per heavy atom. The van der Waals surface area contributed by atoms with Gasteiger partial charge in [-0.15, -0.1) is 0 Å². The minimum Gasteiger partial charge on any atom is -0.332 e. The SMILES string of the molecule is S=C(Nc1cc(Cl)cc(Cl)c1)Nc1ccccc1Cc1ccccc1. The second-order valence-electron chi connectivity index (χ2n) is 5.56. The molecule has 0 fully saturated rings. The van der Waals surface area contributed by atoms with Crippen LogP contribution >= 0.6 is 35.4 Å². The van der Waals surface area contributed by atoms with Gasteiger partial charge in [0.2, 0.25) is 0 Å². The lowest BCUT2D eigenvalue weighted by molar-refractivity contribution is 1.19. The fourth-order valence-corrected chi connectivity index (χ4v) is 3.28. The maximum atomic E-state index is 6.02. The Kier molecular flexibility index (Phi) is 5.92. The molecule has 2 N–H and O–H groups in total. The van der Waals surface area contributed by atoms with Gasteiger partial charge in [-0.2, -0.15) is 0 Å². The number of rotatable bonds is 4. The van der Waals surface area contributed by atoms with Gasteiger partial charge in [-0.25, -0.2) is 0 Å². The number of nitrogens with one attached hydrogen (secondary N) is 2. The van der Waals surface area contributed by atoms with Crippen LogP contribution in [0.3, 0.4) is 0 Å². The lowest BCUT2D eigenvalue weighted by atomic mass is 10.0. The highest BCUT2D eigenvalue weighted by Crippen LogP contribution is 2.23. The molecule has 25 heavy (non-hydrogen) atoms. The van der Waals surface area contributed by atoms with Crippen LogP contribution in [0.25, 0.3) is 0 Å². The maximum Gasteiger partial charge on any atom is 0.175 e. The summed E-state index contributed by atoms with van der Waals surface area (Å²) in [6, 6.07) is 23.7. The topological polar surface area (TPSA) is 24.1 Å². The highest BCUT2D eigenvalue weighted by molar-refractivity contribution is 7.80. The summed E-state index contributed by atoms with van der Waals surface area (Å²) in [7, 11) is 0. The van der Waals surface area contributed by atoms with E-state index >= 15 is 0 Å². The molecule has 0 saturated carbocycles. The van der Waals surface area contributed by atoms with E-state index in [0.717, 1.165) is 17.8 Å². The highest BCUT2D eigenvalue weighted by atomic mass is 35.5. The van der Waals surface area contributed by atoms with E-state index in [1.165, 1.54) is 11.1 Å². The first kappa shape index (κ1) is 17.7. The van der Waals surface area contributed by atoms with Crippen molar-refractivity contribution in [3.63, 3.8) is 0 Å². The number of hydrogen-bond acceptors (Lipinski definition) is 1. The molecule has 0 saturated heterocycles. The molecule has 0 aliphatic carbocycles. The van der Waals surface area contributed by atoms with E-state index in [-0.39, 0.29) is 0 Å². The first-order valence-corrected chi connectivity index (χ1v) is 8.92. The van der Waals surface area contributed by atoms with Gasteiger partial charge in [-0.05, 0) is 54.0 Å². The largest absolute Gasteiger partial charge is 0.332 e. The van der Waals surface area contributed by atoms with E-state index in [1.54, 1.807) is 18.2 Å². The third-order valence-electron chi connectivity index (χ3n) is 3.62. The van der Waals surface area contributed by atoms with Crippen molar-refractivity contribution >= 4 is 51.9 Å². The first-order chi connectivity index (χ1) is 12.1. The Bertz CT molecular complexity index is 862. The molecule has 126 valence electrons. The van der Waals surface area contributed by atoms with Gasteiger partial charge in [-0.3, -0.25) is 0 Å². The molecule has 2 nitrogen and oxygen atoms in total. The van der Waals surface area contributed by atoms with Crippen LogP contribution in [0.1, 0.15) is 11.1 Å². The minimum absolute atomic E-state index is 0.485. The molecule has 0 aliphatic heterocycles. The summed E-state index contributed by atoms with van der Waals surface area (Å²) in [6.45, 7) is 0. The number of thiocarbonyl (C=S) groups is 1. The summed E-state index contributed by atoms with van der Waals surface area (Å²) in [5, 5.41) is 7.97. The molecule has 0 bridgehead atoms. The average Bonchev–Trinajstić information content (AvgIpc) is 2.56. The normalized spacial score (nSPS) is 10.3. The Balaban J connectivity index is 1.73. The second kappa shape index (κ2) is 8.34. The van der Waals surface area contributed by atoms with Crippen LogP contribution in [-0.2, 0) is 6.42 Å². The molecule has 0 atom stereocenters. The van der Waals surface area contributed by atoms with Crippen LogP contribution in [0.5, 0.6) is 0 Å². The molecule has 0 aliphatic rings. The Hall–Kier alpha value is -2.07. The summed E-state index contributed by atoms with van der Waals surface area (Å²) in [6.07, 6.45) is 0.829. The Morgan fingerprint density at radius 2 is 1.44 bits per heavy atom. The molecule has 3 aromatic carbocycles. The van der Waals surface area contributed by atoms with Gasteiger partial charge < -0.3 is 10.6 Å². The van der Waals surface area contributed by atoms with E-state index < -0.39 is 0 Å². The van der Waals surface area contributed by atoms with Gasteiger partial charge in [0.25, 0.3) is 0 Å². The molecular formula is C20H16Cl2N2S. The molecule has 0 amide bonds. The van der Waals surface area contributed by atoms with Crippen LogP contribution in [0.2, 0.25) is 10.0 Å². The molecule has 0 aromatic heterocycles. The van der Waals surface area contributed by atoms with Gasteiger partial charge in [0.1, 0.15) is 0 Å². The Morgan fingerprint density at radius 3 is 2.16 bits per heavy atom. The summed E-state index contributed by atoms with van der Waals surface area (Å²) in [4.78, 5) is 0. The standard InChI is InChI=1S/C20H16Cl2N2S/c21-16-11-17(22)13-18(12-16)23-20(25)24-19-9-5-4-8-15(19)10-14-6-2-1-3-7-14/h1-9,11-13H,10H2,(H2,23,24,25). The van der Waals surface area contributed by atoms with Gasteiger partial charge >= 0.3 is 0 Å². The minimum atomic E-state index is 0.485. The summed E-state index contributed by atoms with van der Waals surface area (Å²) < 4.78 is 0. The van der Waals surface area contributed by atoms with Crippen LogP contribution in [-0.4, -0.2) is 5.11 Å². The molecule has 0 spiro atoms. The van der Waals surface area contributed by atoms with E-state index in [2.05, 4.69) is 28.8 Å². The molecular weight excluding hydrogens is 371 g/mol. The quantitative estimate of drug-likeness (QED) is 0.507. The van der Waals surface area contributed by atoms with Crippen LogP contribution in [0, 0.1) is 0 Å². The summed E-state index contributed by atoms with van der Waals surface area (Å²) in [5.74, 6) is 0. The van der Waals surface area contributed by atoms with Gasteiger partial charge in [0, 0.05) is 21.4 Å². The predicted molar refractivity (Wildman–Crippen MR) is 112 cm³/mol. The fourth-order valence-electron chi connectivity index (χ4n) is 2.52. The zero-order chi connectivity index (χ0) is 17.6. The van der Waals surface area contributed by atoms with Crippen molar-refractivity contribution in [2.24, 2.45) is 0 Å². The fraction of sp³-hybridized carbons (Fsp3) is 0.0500. The van der Waals surface area contributed by atoms with Crippen molar-refractivity contribution in [3.8, 4) is 0 Å². The van der Waals surface area contributed by atoms with E-state index in [9.17, 15) is 0 Å². The van der Waals surface area contributed by atoms with Crippen LogP contribution in [0.4, 0.5) is 11.4 Å². The average molecular weight is 387 g/mol. The highest BCUT2D eigenvalue weighted by Gasteiger charge is 2.06. The molecule has 0 heterocycles. The summed E-state index contributed by atoms with van der Waals surface area (Å²) in [5.41, 5.74) is 4.13. The maximum absolute atomic E-state index is 6.02. The van der Waals surface area contributed by atoms with Crippen molar-refractivity contribution < 1.29 is 0 Å². The Labute approximate surface area is 162 Å². The molecule has 0 radical (unpaired) electrons. The van der Waals surface area contributed by atoms with Gasteiger partial charge in [-0.1, -0.05) is 71.7 Å². The lowest BCUT2D eigenvalue weighted by Gasteiger charge is -2.14. The van der Waals surface area contributed by atoms with Crippen molar-refractivity contribution in [2.75, 3.05) is 10.6 Å². The zero-order valence-electron chi connectivity index (χ0n) is 13.3. The van der Waals surface area contributed by atoms with Crippen molar-refractivity contribution in [1.82, 2.24) is 0 Å². The van der Waals surface area contributed by atoms with E-state index in [0.29, 0.717) is 15.2 Å². The molecule has 0 unspecified atom stereocenters. The number of halogens is 2. The summed E-state index contributed by atoms with van der Waals surface area (Å²) >= 11 is 17.5. The van der Waals surface area contributed by atoms with Crippen LogP contribution < -0.4 is 10.6 Å². The lowest BCUT2D eigenvalue weighted by Crippen LogP contribution is -2.20.